The zero-order chi connectivity index (χ0) is 14.5. The van der Waals surface area contributed by atoms with Crippen molar-refractivity contribution in [1.29, 1.82) is 0 Å². The van der Waals surface area contributed by atoms with E-state index in [0.717, 1.165) is 0 Å². The van der Waals surface area contributed by atoms with Gasteiger partial charge in [-0.25, -0.2) is 15.0 Å². The molecule has 0 bridgehead atoms. The summed E-state index contributed by atoms with van der Waals surface area (Å²) in [7, 11) is 0. The lowest BCUT2D eigenvalue weighted by Crippen LogP contribution is -2.46. The molecule has 1 saturated heterocycles. The van der Waals surface area contributed by atoms with Crippen LogP contribution in [0.4, 0.5) is 0 Å². The third-order valence-corrected chi connectivity index (χ3v) is 3.81. The average molecular weight is 280 g/mol. The predicted molar refractivity (Wildman–Crippen MR) is 67.7 cm³/mol. The molecule has 1 aliphatic rings. The summed E-state index contributed by atoms with van der Waals surface area (Å²) in [4.78, 5) is 12.4. The highest BCUT2D eigenvalue weighted by Gasteiger charge is 2.52. The Labute approximate surface area is 114 Å². The van der Waals surface area contributed by atoms with E-state index in [9.17, 15) is 15.3 Å². The number of rotatable bonds is 2. The van der Waals surface area contributed by atoms with Crippen LogP contribution in [0.25, 0.3) is 11.2 Å². The number of hydrogen-bond acceptors (Lipinski definition) is 7. The molecule has 0 amide bonds. The van der Waals surface area contributed by atoms with Crippen molar-refractivity contribution in [3.05, 3.63) is 18.3 Å². The van der Waals surface area contributed by atoms with Gasteiger partial charge >= 0.3 is 0 Å². The smallest absolute Gasteiger partial charge is 0.166 e. The van der Waals surface area contributed by atoms with Crippen LogP contribution in [0.15, 0.2) is 12.7 Å². The number of aryl methyl sites for hydroxylation is 1. The van der Waals surface area contributed by atoms with Crippen molar-refractivity contribution in [2.75, 3.05) is 6.61 Å². The number of aliphatic hydroxyl groups excluding tert-OH is 2. The Morgan fingerprint density at radius 2 is 2.15 bits per heavy atom. The summed E-state index contributed by atoms with van der Waals surface area (Å²) in [6, 6.07) is 0. The van der Waals surface area contributed by atoms with Gasteiger partial charge in [-0.1, -0.05) is 0 Å². The van der Waals surface area contributed by atoms with Gasteiger partial charge in [0.05, 0.1) is 18.6 Å². The minimum Gasteiger partial charge on any atom is -0.394 e. The van der Waals surface area contributed by atoms with Crippen molar-refractivity contribution in [2.24, 2.45) is 0 Å². The Balaban J connectivity index is 2.06. The SMILES string of the molecule is Cc1ncnc2c1ncn2[C@@H]1O[C@H](CO)[C@](C)(O)[C@H]1O. The molecule has 0 aromatic carbocycles. The molecular formula is C12H16N4O4. The van der Waals surface area contributed by atoms with E-state index in [1.54, 1.807) is 11.5 Å². The van der Waals surface area contributed by atoms with E-state index in [1.807, 2.05) is 0 Å². The Hall–Kier alpha value is -1.61. The van der Waals surface area contributed by atoms with Gasteiger partial charge in [0, 0.05) is 0 Å². The van der Waals surface area contributed by atoms with Crippen LogP contribution < -0.4 is 0 Å². The van der Waals surface area contributed by atoms with Crippen LogP contribution in [0.3, 0.4) is 0 Å². The summed E-state index contributed by atoms with van der Waals surface area (Å²) in [5.74, 6) is 0. The first-order chi connectivity index (χ1) is 9.46. The van der Waals surface area contributed by atoms with Crippen LogP contribution in [0, 0.1) is 6.92 Å². The molecule has 0 radical (unpaired) electrons. The Morgan fingerprint density at radius 3 is 2.80 bits per heavy atom. The third kappa shape index (κ3) is 1.73. The summed E-state index contributed by atoms with van der Waals surface area (Å²) >= 11 is 0. The maximum absolute atomic E-state index is 10.2. The Bertz CT molecular complexity index is 641. The van der Waals surface area contributed by atoms with E-state index in [1.165, 1.54) is 19.6 Å². The summed E-state index contributed by atoms with van der Waals surface area (Å²) in [6.45, 7) is 2.85. The van der Waals surface area contributed by atoms with Gasteiger partial charge in [-0.3, -0.25) is 4.57 Å². The highest BCUT2D eigenvalue weighted by Crippen LogP contribution is 2.37. The summed E-state index contributed by atoms with van der Waals surface area (Å²) in [5.41, 5.74) is 0.288. The predicted octanol–water partition coefficient (Wildman–Crippen LogP) is -0.864. The highest BCUT2D eigenvalue weighted by atomic mass is 16.6. The average Bonchev–Trinajstić information content (AvgIpc) is 2.92. The lowest BCUT2D eigenvalue weighted by atomic mass is 9.95. The van der Waals surface area contributed by atoms with Crippen molar-refractivity contribution in [3.8, 4) is 0 Å². The molecule has 0 spiro atoms. The van der Waals surface area contributed by atoms with Crippen molar-refractivity contribution in [2.45, 2.75) is 37.9 Å². The van der Waals surface area contributed by atoms with Crippen molar-refractivity contribution in [3.63, 3.8) is 0 Å². The molecule has 4 atom stereocenters. The molecule has 8 heteroatoms. The Morgan fingerprint density at radius 1 is 1.40 bits per heavy atom. The van der Waals surface area contributed by atoms with E-state index in [4.69, 9.17) is 4.74 Å². The molecule has 8 nitrogen and oxygen atoms in total. The van der Waals surface area contributed by atoms with Gasteiger partial charge in [0.1, 0.15) is 29.7 Å². The molecule has 0 unspecified atom stereocenters. The summed E-state index contributed by atoms with van der Waals surface area (Å²) in [6.07, 6.45) is -0.0498. The number of imidazole rings is 1. The van der Waals surface area contributed by atoms with E-state index < -0.39 is 24.0 Å². The number of nitrogens with zero attached hydrogens (tertiary/aromatic N) is 4. The second-order valence-corrected chi connectivity index (χ2v) is 5.15. The zero-order valence-corrected chi connectivity index (χ0v) is 11.1. The van der Waals surface area contributed by atoms with Crippen LogP contribution in [0.1, 0.15) is 18.8 Å². The van der Waals surface area contributed by atoms with E-state index >= 15 is 0 Å². The van der Waals surface area contributed by atoms with E-state index in [-0.39, 0.29) is 6.61 Å². The molecule has 108 valence electrons. The van der Waals surface area contributed by atoms with Crippen LogP contribution in [0.2, 0.25) is 0 Å². The second kappa shape index (κ2) is 4.45. The zero-order valence-electron chi connectivity index (χ0n) is 11.1. The van der Waals surface area contributed by atoms with Crippen LogP contribution >= 0.6 is 0 Å². The van der Waals surface area contributed by atoms with Gasteiger partial charge in [-0.15, -0.1) is 0 Å². The molecule has 1 fully saturated rings. The maximum atomic E-state index is 10.2. The first-order valence-electron chi connectivity index (χ1n) is 6.27. The maximum Gasteiger partial charge on any atom is 0.166 e. The Kier molecular flexibility index (Phi) is 2.98. The largest absolute Gasteiger partial charge is 0.394 e. The first-order valence-corrected chi connectivity index (χ1v) is 6.27. The molecule has 1 aliphatic heterocycles. The molecule has 3 N–H and O–H groups in total. The van der Waals surface area contributed by atoms with E-state index in [2.05, 4.69) is 15.0 Å². The summed E-state index contributed by atoms with van der Waals surface area (Å²) < 4.78 is 7.08. The molecule has 2 aromatic heterocycles. The molecule has 2 aromatic rings. The van der Waals surface area contributed by atoms with Gasteiger partial charge in [0.15, 0.2) is 11.9 Å². The number of fused-ring (bicyclic) bond motifs is 1. The van der Waals surface area contributed by atoms with Gasteiger partial charge in [0.2, 0.25) is 0 Å². The highest BCUT2D eigenvalue weighted by molar-refractivity contribution is 5.72. The van der Waals surface area contributed by atoms with Gasteiger partial charge in [-0.2, -0.15) is 0 Å². The minimum atomic E-state index is -1.54. The number of hydrogen-bond donors (Lipinski definition) is 3. The molecule has 0 aliphatic carbocycles. The van der Waals surface area contributed by atoms with E-state index in [0.29, 0.717) is 16.9 Å². The summed E-state index contributed by atoms with van der Waals surface area (Å²) in [5, 5.41) is 29.7. The fraction of sp³-hybridized carbons (Fsp3) is 0.583. The lowest BCUT2D eigenvalue weighted by Gasteiger charge is -2.25. The van der Waals surface area contributed by atoms with Gasteiger partial charge in [0.25, 0.3) is 0 Å². The molecule has 20 heavy (non-hydrogen) atoms. The van der Waals surface area contributed by atoms with Crippen molar-refractivity contribution in [1.82, 2.24) is 19.5 Å². The molecular weight excluding hydrogens is 264 g/mol. The van der Waals surface area contributed by atoms with Crippen molar-refractivity contribution < 1.29 is 20.1 Å². The second-order valence-electron chi connectivity index (χ2n) is 5.15. The number of aliphatic hydroxyl groups is 3. The minimum absolute atomic E-state index is 0.388. The number of ether oxygens (including phenoxy) is 1. The molecule has 3 heterocycles. The van der Waals surface area contributed by atoms with Crippen LogP contribution in [0.5, 0.6) is 0 Å². The van der Waals surface area contributed by atoms with Gasteiger partial charge < -0.3 is 20.1 Å². The topological polar surface area (TPSA) is 114 Å². The standard InChI is InChI=1S/C12H16N4O4/c1-6-8-10(14-4-13-6)16(5-15-8)11-9(18)12(2,19)7(3-17)20-11/h4-5,7,9,11,17-19H,3H2,1-2H3/t7-,9+,11-,12+/m1/s1. The normalized spacial score (nSPS) is 34.0. The molecule has 0 saturated carbocycles. The fourth-order valence-electron chi connectivity index (χ4n) is 2.46. The van der Waals surface area contributed by atoms with Crippen LogP contribution in [-0.2, 0) is 4.74 Å². The fourth-order valence-corrected chi connectivity index (χ4v) is 2.46. The third-order valence-electron chi connectivity index (χ3n) is 3.81. The lowest BCUT2D eigenvalue weighted by molar-refractivity contribution is -0.0804. The quantitative estimate of drug-likeness (QED) is 0.655. The number of aromatic nitrogens is 4. The van der Waals surface area contributed by atoms with Gasteiger partial charge in [-0.05, 0) is 13.8 Å². The van der Waals surface area contributed by atoms with Crippen LogP contribution in [-0.4, -0.2) is 59.3 Å². The monoisotopic (exact) mass is 280 g/mol. The molecule has 3 rings (SSSR count). The first kappa shape index (κ1) is 13.4. The van der Waals surface area contributed by atoms with Crippen molar-refractivity contribution >= 4 is 11.2 Å².